The molecule has 552 valence electrons. The van der Waals surface area contributed by atoms with Crippen LogP contribution in [0.25, 0.3) is 122 Å². The van der Waals surface area contributed by atoms with Crippen molar-refractivity contribution in [2.24, 2.45) is 0 Å². The highest BCUT2D eigenvalue weighted by Crippen LogP contribution is 2.37. The molecule has 0 bridgehead atoms. The molecule has 0 aliphatic rings. The van der Waals surface area contributed by atoms with E-state index in [1.54, 1.807) is 82.2 Å². The Morgan fingerprint density at radius 3 is 1.07 bits per heavy atom. The first-order valence-electron chi connectivity index (χ1n) is 32.5. The summed E-state index contributed by atoms with van der Waals surface area (Å²) >= 11 is 38.3. The molecule has 0 aliphatic carbocycles. The predicted octanol–water partition coefficient (Wildman–Crippen LogP) is 19.4. The molecular weight excluding hydrogens is 1980 g/mol. The van der Waals surface area contributed by atoms with Crippen molar-refractivity contribution in [1.29, 1.82) is 0 Å². The van der Waals surface area contributed by atoms with E-state index in [9.17, 15) is 17.6 Å². The topological polar surface area (TPSA) is 323 Å². The van der Waals surface area contributed by atoms with Gasteiger partial charge in [0.1, 0.15) is 69.6 Å². The number of aromatic nitrogens is 20. The number of nitrogens with one attached hydrogen (secondary N) is 1. The van der Waals surface area contributed by atoms with Gasteiger partial charge in [-0.3, -0.25) is 5.10 Å². The maximum Gasteiger partial charge on any atom is 0.187 e. The minimum atomic E-state index is -0.446. The van der Waals surface area contributed by atoms with Crippen LogP contribution in [0, 0.1) is 34.4 Å². The number of alkyl halides is 2. The highest BCUT2D eigenvalue weighted by Gasteiger charge is 2.24. The average Bonchev–Trinajstić information content (AvgIpc) is 1.76. The van der Waals surface area contributed by atoms with Crippen LogP contribution in [-0.4, -0.2) is 99.5 Å². The number of benzene rings is 8. The lowest BCUT2D eigenvalue weighted by molar-refractivity contribution is 0.633. The molecule has 10 aromatic heterocycles. The Bertz CT molecular complexity index is 6610. The third kappa shape index (κ3) is 16.6. The number of hydrogen-bond donors (Lipinski definition) is 4. The fourth-order valence-electron chi connectivity index (χ4n) is 11.5. The van der Waals surface area contributed by atoms with Gasteiger partial charge in [-0.1, -0.05) is 175 Å². The van der Waals surface area contributed by atoms with Crippen molar-refractivity contribution in [2.75, 3.05) is 17.2 Å². The number of anilines is 3. The van der Waals surface area contributed by atoms with Gasteiger partial charge in [0.25, 0.3) is 0 Å². The van der Waals surface area contributed by atoms with Gasteiger partial charge in [-0.05, 0) is 141 Å². The molecule has 7 N–H and O–H groups in total. The van der Waals surface area contributed by atoms with E-state index in [-0.39, 0.29) is 46.8 Å². The Kier molecular flexibility index (Phi) is 24.2. The Morgan fingerprint density at radius 1 is 0.360 bits per heavy atom. The molecule has 10 heterocycles. The summed E-state index contributed by atoms with van der Waals surface area (Å²) in [4.78, 5) is 60.8. The molecule has 0 saturated carbocycles. The van der Waals surface area contributed by atoms with Crippen molar-refractivity contribution in [3.63, 3.8) is 0 Å². The van der Waals surface area contributed by atoms with Crippen LogP contribution in [0.1, 0.15) is 22.8 Å². The predicted molar refractivity (Wildman–Crippen MR) is 457 cm³/mol. The SMILES string of the molecule is Fc1cccc2nc(-c3ccccc3Cl)c(CBr)nc12.Fc1cccc2nc(CBr)c(-c3ccccc3Cl)nc12.Nc1ncnc2c1c(I)nn2Cc1nc2c(F)cccc2nc1-c1ccccc1Cl.Nc1ncnc2c1c(I)nn2Cc1nc2cccc(F)c2nc1-c1ccccc1Cl.Nc1ncnc2n[nH]c(I)c12. The van der Waals surface area contributed by atoms with E-state index < -0.39 is 11.6 Å². The summed E-state index contributed by atoms with van der Waals surface area (Å²) < 4.78 is 62.1. The molecule has 23 nitrogen and oxygen atoms in total. The van der Waals surface area contributed by atoms with Crippen LogP contribution in [0.2, 0.25) is 20.1 Å². The normalized spacial score (nSPS) is 11.2. The van der Waals surface area contributed by atoms with Crippen LogP contribution >= 0.6 is 146 Å². The van der Waals surface area contributed by atoms with E-state index in [1.165, 1.54) is 43.2 Å². The van der Waals surface area contributed by atoms with Gasteiger partial charge in [0, 0.05) is 32.9 Å². The van der Waals surface area contributed by atoms with Gasteiger partial charge in [-0.2, -0.15) is 15.3 Å². The van der Waals surface area contributed by atoms with Crippen molar-refractivity contribution in [1.82, 2.24) is 99.5 Å². The second-order valence-corrected chi connectivity index (χ2v) is 29.4. The van der Waals surface area contributed by atoms with Gasteiger partial charge in [-0.25, -0.2) is 96.7 Å². The lowest BCUT2D eigenvalue weighted by Gasteiger charge is -2.12. The Labute approximate surface area is 702 Å². The number of aromatic amines is 1. The van der Waals surface area contributed by atoms with Gasteiger partial charge in [-0.15, -0.1) is 0 Å². The van der Waals surface area contributed by atoms with E-state index in [0.29, 0.717) is 156 Å². The zero-order chi connectivity index (χ0) is 77.7. The van der Waals surface area contributed by atoms with E-state index in [0.717, 1.165) is 25.9 Å². The molecule has 0 saturated heterocycles. The molecule has 18 rings (SSSR count). The zero-order valence-electron chi connectivity index (χ0n) is 56.4. The van der Waals surface area contributed by atoms with Crippen LogP contribution in [0.5, 0.6) is 0 Å². The summed E-state index contributed by atoms with van der Waals surface area (Å²) in [5.41, 5.74) is 29.9. The molecule has 18 aromatic rings. The Morgan fingerprint density at radius 2 is 0.676 bits per heavy atom. The van der Waals surface area contributed by atoms with E-state index in [2.05, 4.69) is 190 Å². The first kappa shape index (κ1) is 77.9. The molecule has 8 aromatic carbocycles. The number of nitrogens with zero attached hydrogens (tertiary/aromatic N) is 19. The van der Waals surface area contributed by atoms with Gasteiger partial charge in [0.05, 0.1) is 117 Å². The number of rotatable bonds is 10. The lowest BCUT2D eigenvalue weighted by Crippen LogP contribution is -2.09. The number of halogens is 13. The van der Waals surface area contributed by atoms with Crippen LogP contribution < -0.4 is 17.2 Å². The maximum absolute atomic E-state index is 14.4. The standard InChI is InChI=1S/2C20H12ClFIN7.2C15H9BrClFN2.C5H4IN5/c21-11-5-2-1-4-10(11)16-14(28-17-12(22)6-3-7-13(17)27-16)8-30-20-15(18(23)29-30)19(24)25-9-26-20;21-11-5-2-1-4-10(11)16-14(27-13-7-3-6-12(22)17(13)28-16)8-30-20-15(18(23)29-30)19(24)25-9-26-20;16-8-13-14(9-4-1-2-5-10(9)17)19-12-7-3-6-11(18)15(12)20-13;16-8-13-14(9-4-1-2-5-10(9)17)20-15-11(18)6-3-7-12(15)19-13;6-3-2-4(7)8-1-9-5(2)11-10-3/h2*1-7,9H,8H2,(H2,24,25,26);2*1-7H,8H2;1H,(H3,7,8,9,10,11). The van der Waals surface area contributed by atoms with Crippen LogP contribution in [0.3, 0.4) is 0 Å². The number of hydrogen-bond acceptors (Lipinski definition) is 20. The number of nitrogen functional groups attached to an aromatic ring is 3. The minimum absolute atomic E-state index is 0.183. The molecule has 0 spiro atoms. The largest absolute Gasteiger partial charge is 0.383 e. The second kappa shape index (κ2) is 34.4. The van der Waals surface area contributed by atoms with E-state index in [1.807, 2.05) is 72.8 Å². The van der Waals surface area contributed by atoms with Gasteiger partial charge < -0.3 is 17.2 Å². The van der Waals surface area contributed by atoms with E-state index >= 15 is 0 Å². The number of H-pyrrole nitrogens is 1. The highest BCUT2D eigenvalue weighted by atomic mass is 127. The summed E-state index contributed by atoms with van der Waals surface area (Å²) in [6, 6.07) is 48.2. The van der Waals surface area contributed by atoms with Crippen LogP contribution in [0.15, 0.2) is 189 Å². The molecule has 0 atom stereocenters. The lowest BCUT2D eigenvalue weighted by atomic mass is 10.1. The highest BCUT2D eigenvalue weighted by molar-refractivity contribution is 14.1. The molecule has 0 fully saturated rings. The van der Waals surface area contributed by atoms with E-state index in [4.69, 9.17) is 63.6 Å². The summed E-state index contributed by atoms with van der Waals surface area (Å²) in [5.74, 6) is -0.482. The quantitative estimate of drug-likeness (QED) is 0.0561. The van der Waals surface area contributed by atoms with Crippen LogP contribution in [0.4, 0.5) is 35.0 Å². The summed E-state index contributed by atoms with van der Waals surface area (Å²) in [6.45, 7) is 0.448. The molecule has 36 heteroatoms. The molecule has 111 heavy (non-hydrogen) atoms. The van der Waals surface area contributed by atoms with Crippen molar-refractivity contribution < 1.29 is 17.6 Å². The number of fused-ring (bicyclic) bond motifs is 7. The number of nitrogens with two attached hydrogens (primary N) is 3. The fraction of sp³-hybridized carbons (Fsp3) is 0.0533. The molecule has 0 aliphatic heterocycles. The monoisotopic (exact) mass is 2020 g/mol. The first-order chi connectivity index (χ1) is 53.7. The van der Waals surface area contributed by atoms with Crippen molar-refractivity contribution in [3.8, 4) is 45.0 Å². The summed E-state index contributed by atoms with van der Waals surface area (Å²) in [7, 11) is 0. The molecule has 0 amide bonds. The van der Waals surface area contributed by atoms with Gasteiger partial charge in [0.2, 0.25) is 0 Å². The first-order valence-corrected chi connectivity index (χ1v) is 39.5. The third-order valence-electron chi connectivity index (χ3n) is 16.6. The minimum Gasteiger partial charge on any atom is -0.383 e. The smallest absolute Gasteiger partial charge is 0.187 e. The summed E-state index contributed by atoms with van der Waals surface area (Å²) in [6.07, 6.45) is 4.17. The van der Waals surface area contributed by atoms with Crippen molar-refractivity contribution in [2.45, 2.75) is 23.7 Å². The summed E-state index contributed by atoms with van der Waals surface area (Å²) in [5, 5.41) is 21.1. The molecule has 0 radical (unpaired) electrons. The third-order valence-corrected chi connectivity index (χ3v) is 21.3. The number of para-hydroxylation sites is 4. The van der Waals surface area contributed by atoms with Gasteiger partial charge >= 0.3 is 0 Å². The Hall–Kier alpha value is -9.80. The maximum atomic E-state index is 14.4. The van der Waals surface area contributed by atoms with Crippen LogP contribution in [-0.2, 0) is 23.7 Å². The second-order valence-electron chi connectivity index (χ2n) is 23.5. The fourth-order valence-corrected chi connectivity index (χ4v) is 15.4. The molecular formula is C75H46Br2Cl4F4I3N23. The van der Waals surface area contributed by atoms with Crippen molar-refractivity contribution >= 4 is 241 Å². The Balaban J connectivity index is 0.000000119. The average molecular weight is 2030 g/mol. The molecule has 0 unspecified atom stereocenters. The van der Waals surface area contributed by atoms with Gasteiger partial charge in [0.15, 0.2) is 40.2 Å². The van der Waals surface area contributed by atoms with Crippen molar-refractivity contribution in [3.05, 3.63) is 266 Å². The zero-order valence-corrected chi connectivity index (χ0v) is 69.0.